The number of benzene rings is 1. The lowest BCUT2D eigenvalue weighted by Gasteiger charge is -2.41. The van der Waals surface area contributed by atoms with Gasteiger partial charge in [-0.3, -0.25) is 14.3 Å². The van der Waals surface area contributed by atoms with Gasteiger partial charge in [-0.05, 0) is 53.8 Å². The zero-order valence-electron chi connectivity index (χ0n) is 22.1. The highest BCUT2D eigenvalue weighted by Gasteiger charge is 2.61. The number of likely N-dealkylation sites (N-methyl/N-ethyl adjacent to an activating group) is 1. The number of carbonyl (C=O) groups excluding carboxylic acids is 2. The van der Waals surface area contributed by atoms with Gasteiger partial charge in [-0.2, -0.15) is 31.4 Å². The maximum Gasteiger partial charge on any atom is 0.416 e. The van der Waals surface area contributed by atoms with Crippen molar-refractivity contribution in [3.05, 3.63) is 53.2 Å². The van der Waals surface area contributed by atoms with Crippen LogP contribution < -0.4 is 15.5 Å². The van der Waals surface area contributed by atoms with Gasteiger partial charge in [0.1, 0.15) is 17.3 Å². The van der Waals surface area contributed by atoms with E-state index in [0.29, 0.717) is 18.5 Å². The van der Waals surface area contributed by atoms with Gasteiger partial charge >= 0.3 is 12.4 Å². The zero-order chi connectivity index (χ0) is 30.7. The Morgan fingerprint density at radius 3 is 2.60 bits per heavy atom. The van der Waals surface area contributed by atoms with E-state index in [1.807, 2.05) is 10.7 Å². The topological polar surface area (TPSA) is 113 Å². The summed E-state index contributed by atoms with van der Waals surface area (Å²) in [5.74, 6) is -2.57. The molecular formula is C25H26F7N7O3. The van der Waals surface area contributed by atoms with E-state index >= 15 is 4.39 Å². The molecule has 1 aromatic carbocycles. The summed E-state index contributed by atoms with van der Waals surface area (Å²) in [6.45, 7) is 0.0795. The first-order valence-corrected chi connectivity index (χ1v) is 12.7. The molecule has 0 bridgehead atoms. The standard InChI is InChI=1S/C25H26F7N7O3/c1-38(37-36-33-14-40)21-17(20-7-9-39(35-20)13-15-3-4-15)12-23(25(30,31)32,34-22(21)41)18-6-5-16(11-19(18)26)42-10-2-8-24(27,28)29/h5-7,9,11,14-15H,2-4,8,10,12-13H2,1H3,(H,34,41)(H,33,37,40)/t23-/m0/s1. The molecule has 4 rings (SSSR count). The van der Waals surface area contributed by atoms with Crippen LogP contribution >= 0.6 is 0 Å². The molecule has 0 radical (unpaired) electrons. The van der Waals surface area contributed by atoms with Crippen molar-refractivity contribution in [1.29, 1.82) is 0 Å². The van der Waals surface area contributed by atoms with Gasteiger partial charge in [0.15, 0.2) is 5.54 Å². The largest absolute Gasteiger partial charge is 0.493 e. The molecule has 1 aliphatic carbocycles. The van der Waals surface area contributed by atoms with Crippen molar-refractivity contribution in [3.63, 3.8) is 0 Å². The molecule has 0 unspecified atom stereocenters. The van der Waals surface area contributed by atoms with E-state index in [4.69, 9.17) is 4.74 Å². The Kier molecular flexibility index (Phi) is 8.77. The fourth-order valence-electron chi connectivity index (χ4n) is 4.57. The van der Waals surface area contributed by atoms with E-state index in [1.165, 1.54) is 13.1 Å². The summed E-state index contributed by atoms with van der Waals surface area (Å²) in [4.78, 5) is 23.9. The van der Waals surface area contributed by atoms with Crippen LogP contribution in [0.15, 0.2) is 46.6 Å². The number of nitrogens with one attached hydrogen (secondary N) is 2. The van der Waals surface area contributed by atoms with Crippen LogP contribution in [-0.2, 0) is 21.7 Å². The molecule has 1 fully saturated rings. The van der Waals surface area contributed by atoms with Gasteiger partial charge in [0.2, 0.25) is 6.41 Å². The summed E-state index contributed by atoms with van der Waals surface area (Å²) in [6, 6.07) is 3.81. The third-order valence-electron chi connectivity index (χ3n) is 6.73. The number of halogens is 7. The molecule has 2 heterocycles. The fourth-order valence-corrected chi connectivity index (χ4v) is 4.57. The van der Waals surface area contributed by atoms with Crippen molar-refractivity contribution in [2.24, 2.45) is 16.4 Å². The van der Waals surface area contributed by atoms with Crippen LogP contribution in [0.4, 0.5) is 30.7 Å². The second-order valence-corrected chi connectivity index (χ2v) is 9.90. The maximum atomic E-state index is 15.3. The van der Waals surface area contributed by atoms with Gasteiger partial charge < -0.3 is 10.1 Å². The SMILES string of the molecule is CN(/N=N\NC=O)C1=C(c2ccn(CC3CC3)n2)C[C@](c2ccc(OCCCC(F)(F)F)cc2F)(C(F)(F)F)NC1=O. The molecule has 1 aromatic heterocycles. The quantitative estimate of drug-likeness (QED) is 0.119. The molecule has 10 nitrogen and oxygen atoms in total. The summed E-state index contributed by atoms with van der Waals surface area (Å²) >= 11 is 0. The Morgan fingerprint density at radius 2 is 1.98 bits per heavy atom. The summed E-state index contributed by atoms with van der Waals surface area (Å²) < 4.78 is 104. The first kappa shape index (κ1) is 30.8. The minimum Gasteiger partial charge on any atom is -0.493 e. The van der Waals surface area contributed by atoms with E-state index in [9.17, 15) is 35.9 Å². The molecule has 2 amide bonds. The number of ether oxygens (including phenoxy) is 1. The Hall–Kier alpha value is -4.18. The molecule has 0 saturated heterocycles. The normalized spacial score (nSPS) is 19.7. The third kappa shape index (κ3) is 6.99. The van der Waals surface area contributed by atoms with E-state index in [0.717, 1.165) is 30.0 Å². The van der Waals surface area contributed by atoms with E-state index in [2.05, 4.69) is 15.5 Å². The van der Waals surface area contributed by atoms with Crippen molar-refractivity contribution >= 4 is 17.9 Å². The molecular weight excluding hydrogens is 579 g/mol. The zero-order valence-corrected chi connectivity index (χ0v) is 22.1. The van der Waals surface area contributed by atoms with E-state index in [-0.39, 0.29) is 29.1 Å². The number of hydrogen-bond donors (Lipinski definition) is 2. The Bertz CT molecular complexity index is 1370. The van der Waals surface area contributed by atoms with Crippen LogP contribution in [0.5, 0.6) is 5.75 Å². The second kappa shape index (κ2) is 12.0. The lowest BCUT2D eigenvalue weighted by molar-refractivity contribution is -0.203. The molecule has 42 heavy (non-hydrogen) atoms. The van der Waals surface area contributed by atoms with Gasteiger partial charge in [-0.15, -0.1) is 0 Å². The van der Waals surface area contributed by atoms with Gasteiger partial charge in [0, 0.05) is 49.8 Å². The number of nitrogens with zero attached hydrogens (tertiary/aromatic N) is 5. The summed E-state index contributed by atoms with van der Waals surface area (Å²) in [5.41, 5.74) is -2.88. The van der Waals surface area contributed by atoms with Gasteiger partial charge in [0.05, 0.1) is 12.3 Å². The lowest BCUT2D eigenvalue weighted by Crippen LogP contribution is -2.60. The molecule has 2 aliphatic rings. The smallest absolute Gasteiger partial charge is 0.416 e. The maximum absolute atomic E-state index is 15.3. The average molecular weight is 606 g/mol. The highest BCUT2D eigenvalue weighted by atomic mass is 19.4. The molecule has 17 heteroatoms. The first-order chi connectivity index (χ1) is 19.7. The number of amides is 2. The second-order valence-electron chi connectivity index (χ2n) is 9.90. The number of carbonyl (C=O) groups is 2. The van der Waals surface area contributed by atoms with E-state index in [1.54, 1.807) is 10.9 Å². The Balaban J connectivity index is 1.73. The molecule has 228 valence electrons. The summed E-state index contributed by atoms with van der Waals surface area (Å²) in [5, 5.41) is 14.0. The number of rotatable bonds is 12. The Morgan fingerprint density at radius 1 is 1.24 bits per heavy atom. The van der Waals surface area contributed by atoms with Crippen molar-refractivity contribution in [2.75, 3.05) is 13.7 Å². The highest BCUT2D eigenvalue weighted by molar-refractivity contribution is 6.02. The van der Waals surface area contributed by atoms with Crippen molar-refractivity contribution < 1.29 is 45.1 Å². The number of alkyl halides is 6. The molecule has 1 atom stereocenters. The van der Waals surface area contributed by atoms with Crippen LogP contribution in [0.2, 0.25) is 0 Å². The first-order valence-electron chi connectivity index (χ1n) is 12.7. The molecule has 1 saturated carbocycles. The summed E-state index contributed by atoms with van der Waals surface area (Å²) in [7, 11) is 1.22. The van der Waals surface area contributed by atoms with Gasteiger partial charge in [-0.25, -0.2) is 14.8 Å². The molecule has 1 aliphatic heterocycles. The minimum absolute atomic E-state index is 0.0181. The van der Waals surface area contributed by atoms with E-state index < -0.39 is 61.0 Å². The lowest BCUT2D eigenvalue weighted by atomic mass is 9.78. The Labute approximate surface area is 234 Å². The third-order valence-corrected chi connectivity index (χ3v) is 6.73. The number of aromatic nitrogens is 2. The molecule has 2 aromatic rings. The van der Waals surface area contributed by atoms with Gasteiger partial charge in [-0.1, -0.05) is 0 Å². The van der Waals surface area contributed by atoms with Crippen molar-refractivity contribution in [2.45, 2.75) is 56.5 Å². The molecule has 0 spiro atoms. The predicted octanol–water partition coefficient (Wildman–Crippen LogP) is 4.80. The monoisotopic (exact) mass is 605 g/mol. The average Bonchev–Trinajstić information content (AvgIpc) is 3.59. The van der Waals surface area contributed by atoms with Crippen molar-refractivity contribution in [1.82, 2.24) is 25.5 Å². The van der Waals surface area contributed by atoms with Crippen molar-refractivity contribution in [3.8, 4) is 5.75 Å². The minimum atomic E-state index is -5.23. The molecule has 2 N–H and O–H groups in total. The van der Waals surface area contributed by atoms with Gasteiger partial charge in [0.25, 0.3) is 5.91 Å². The fraction of sp³-hybridized carbons (Fsp3) is 0.480. The van der Waals surface area contributed by atoms with Crippen LogP contribution in [-0.4, -0.2) is 53.1 Å². The predicted molar refractivity (Wildman–Crippen MR) is 131 cm³/mol. The summed E-state index contributed by atoms with van der Waals surface area (Å²) in [6.07, 6.45) is -8.53. The van der Waals surface area contributed by atoms with Crippen LogP contribution in [0.25, 0.3) is 5.57 Å². The number of hydrogen-bond acceptors (Lipinski definition) is 6. The van der Waals surface area contributed by atoms with Crippen LogP contribution in [0.1, 0.15) is 43.4 Å². The van der Waals surface area contributed by atoms with Crippen LogP contribution in [0.3, 0.4) is 0 Å². The highest BCUT2D eigenvalue weighted by Crippen LogP contribution is 2.49. The van der Waals surface area contributed by atoms with Crippen LogP contribution in [0, 0.1) is 11.7 Å².